The Bertz CT molecular complexity index is 1010. The highest BCUT2D eigenvalue weighted by molar-refractivity contribution is 7.98. The zero-order chi connectivity index (χ0) is 18.3. The number of carbonyl (C=O) groups is 1. The van der Waals surface area contributed by atoms with Gasteiger partial charge in [0.2, 0.25) is 0 Å². The van der Waals surface area contributed by atoms with E-state index in [1.54, 1.807) is 23.9 Å². The summed E-state index contributed by atoms with van der Waals surface area (Å²) in [6.07, 6.45) is 0. The molecule has 0 unspecified atom stereocenters. The molecule has 0 saturated heterocycles. The first-order valence-electron chi connectivity index (χ1n) is 8.36. The van der Waals surface area contributed by atoms with Crippen LogP contribution in [0.5, 0.6) is 0 Å². The van der Waals surface area contributed by atoms with Crippen molar-refractivity contribution < 1.29 is 4.79 Å². The Morgan fingerprint density at radius 1 is 1.15 bits per heavy atom. The van der Waals surface area contributed by atoms with Crippen molar-refractivity contribution in [2.45, 2.75) is 25.4 Å². The maximum atomic E-state index is 12.8. The van der Waals surface area contributed by atoms with Crippen molar-refractivity contribution in [3.63, 3.8) is 0 Å². The smallest absolute Gasteiger partial charge is 0.258 e. The van der Waals surface area contributed by atoms with E-state index in [-0.39, 0.29) is 5.91 Å². The third-order valence-corrected chi connectivity index (χ3v) is 5.94. The molecule has 4 nitrogen and oxygen atoms in total. The topological polar surface area (TPSA) is 46.9 Å². The molecule has 2 aromatic carbocycles. The van der Waals surface area contributed by atoms with E-state index >= 15 is 0 Å². The molecule has 26 heavy (non-hydrogen) atoms. The molecule has 1 amide bonds. The molecule has 1 aliphatic rings. The molecule has 6 heteroatoms. The van der Waals surface area contributed by atoms with E-state index in [4.69, 9.17) is 16.7 Å². The SMILES string of the molecule is Cc1ccc(-n2nc3c(c2NC(=O)c2ccccc2Cl)CSC3)cc1C. The largest absolute Gasteiger partial charge is 0.306 e. The zero-order valence-electron chi connectivity index (χ0n) is 14.5. The third-order valence-electron chi connectivity index (χ3n) is 4.64. The molecule has 132 valence electrons. The van der Waals surface area contributed by atoms with E-state index in [0.29, 0.717) is 10.6 Å². The lowest BCUT2D eigenvalue weighted by Gasteiger charge is -2.13. The summed E-state index contributed by atoms with van der Waals surface area (Å²) in [5.41, 5.74) is 5.95. The van der Waals surface area contributed by atoms with Gasteiger partial charge in [-0.25, -0.2) is 4.68 Å². The Morgan fingerprint density at radius 2 is 1.96 bits per heavy atom. The third kappa shape index (κ3) is 3.02. The minimum atomic E-state index is -0.222. The van der Waals surface area contributed by atoms with Gasteiger partial charge in [0, 0.05) is 17.1 Å². The van der Waals surface area contributed by atoms with Crippen LogP contribution in [0.3, 0.4) is 0 Å². The Balaban J connectivity index is 1.77. The lowest BCUT2D eigenvalue weighted by atomic mass is 10.1. The second kappa shape index (κ2) is 6.82. The Morgan fingerprint density at radius 3 is 2.73 bits per heavy atom. The summed E-state index contributed by atoms with van der Waals surface area (Å²) >= 11 is 7.99. The van der Waals surface area contributed by atoms with Crippen LogP contribution in [0, 0.1) is 13.8 Å². The molecule has 3 aromatic rings. The number of nitrogens with one attached hydrogen (secondary N) is 1. The van der Waals surface area contributed by atoms with Gasteiger partial charge in [0.1, 0.15) is 5.82 Å². The fraction of sp³-hybridized carbons (Fsp3) is 0.200. The number of carbonyl (C=O) groups excluding carboxylic acids is 1. The average molecular weight is 384 g/mol. The van der Waals surface area contributed by atoms with Crippen LogP contribution in [0.4, 0.5) is 5.82 Å². The first-order valence-corrected chi connectivity index (χ1v) is 9.90. The highest BCUT2D eigenvalue weighted by Crippen LogP contribution is 2.36. The number of rotatable bonds is 3. The number of aromatic nitrogens is 2. The number of fused-ring (bicyclic) bond motifs is 1. The first-order chi connectivity index (χ1) is 12.5. The molecule has 0 fully saturated rings. The molecule has 1 N–H and O–H groups in total. The Hall–Kier alpha value is -2.24. The molecule has 0 atom stereocenters. The maximum absolute atomic E-state index is 12.8. The number of hydrogen-bond acceptors (Lipinski definition) is 3. The van der Waals surface area contributed by atoms with Crippen molar-refractivity contribution in [1.29, 1.82) is 0 Å². The quantitative estimate of drug-likeness (QED) is 0.681. The standard InChI is InChI=1S/C20H18ClN3OS/c1-12-7-8-14(9-13(12)2)24-19(16-10-26-11-18(16)23-24)22-20(25)15-5-3-4-6-17(15)21/h3-9H,10-11H2,1-2H3,(H,22,25). The average Bonchev–Trinajstić information content (AvgIpc) is 3.20. The van der Waals surface area contributed by atoms with Crippen molar-refractivity contribution in [2.75, 3.05) is 5.32 Å². The molecule has 0 radical (unpaired) electrons. The van der Waals surface area contributed by atoms with Gasteiger partial charge in [-0.1, -0.05) is 29.8 Å². The lowest BCUT2D eigenvalue weighted by Crippen LogP contribution is -2.16. The van der Waals surface area contributed by atoms with Crippen molar-refractivity contribution >= 4 is 35.1 Å². The summed E-state index contributed by atoms with van der Waals surface area (Å²) in [5, 5.41) is 8.23. The van der Waals surface area contributed by atoms with Crippen molar-refractivity contribution in [1.82, 2.24) is 9.78 Å². The van der Waals surface area contributed by atoms with Crippen molar-refractivity contribution in [3.05, 3.63) is 75.4 Å². The monoisotopic (exact) mass is 383 g/mol. The van der Waals surface area contributed by atoms with E-state index < -0.39 is 0 Å². The van der Waals surface area contributed by atoms with Gasteiger partial charge in [0.25, 0.3) is 5.91 Å². The predicted octanol–water partition coefficient (Wildman–Crippen LogP) is 5.14. The molecule has 2 heterocycles. The van der Waals surface area contributed by atoms with Gasteiger partial charge in [0.15, 0.2) is 0 Å². The van der Waals surface area contributed by atoms with Gasteiger partial charge in [-0.15, -0.1) is 0 Å². The lowest BCUT2D eigenvalue weighted by molar-refractivity contribution is 0.102. The maximum Gasteiger partial charge on any atom is 0.258 e. The van der Waals surface area contributed by atoms with Gasteiger partial charge in [-0.05, 0) is 49.2 Å². The van der Waals surface area contributed by atoms with Crippen LogP contribution in [-0.4, -0.2) is 15.7 Å². The number of hydrogen-bond donors (Lipinski definition) is 1. The van der Waals surface area contributed by atoms with E-state index in [1.165, 1.54) is 11.1 Å². The van der Waals surface area contributed by atoms with Crippen molar-refractivity contribution in [3.8, 4) is 5.69 Å². The highest BCUT2D eigenvalue weighted by atomic mass is 35.5. The fourth-order valence-electron chi connectivity index (χ4n) is 3.01. The second-order valence-electron chi connectivity index (χ2n) is 6.38. The predicted molar refractivity (Wildman–Crippen MR) is 107 cm³/mol. The van der Waals surface area contributed by atoms with Gasteiger partial charge in [-0.3, -0.25) is 4.79 Å². The van der Waals surface area contributed by atoms with Crippen LogP contribution in [0.15, 0.2) is 42.5 Å². The molecular weight excluding hydrogens is 366 g/mol. The molecular formula is C20H18ClN3OS. The van der Waals surface area contributed by atoms with Crippen LogP contribution in [0.25, 0.3) is 5.69 Å². The fourth-order valence-corrected chi connectivity index (χ4v) is 4.26. The summed E-state index contributed by atoms with van der Waals surface area (Å²) in [4.78, 5) is 12.8. The molecule has 0 spiro atoms. The number of amides is 1. The molecule has 4 rings (SSSR count). The van der Waals surface area contributed by atoms with Crippen molar-refractivity contribution in [2.24, 2.45) is 0 Å². The number of halogens is 1. The van der Waals surface area contributed by atoms with Gasteiger partial charge in [-0.2, -0.15) is 16.9 Å². The molecule has 0 bridgehead atoms. The number of anilines is 1. The minimum absolute atomic E-state index is 0.222. The first kappa shape index (κ1) is 17.2. The molecule has 1 aliphatic heterocycles. The number of aryl methyl sites for hydroxylation is 2. The summed E-state index contributed by atoms with van der Waals surface area (Å²) in [6, 6.07) is 13.3. The Labute approximate surface area is 161 Å². The summed E-state index contributed by atoms with van der Waals surface area (Å²) in [7, 11) is 0. The van der Waals surface area contributed by atoms with Crippen LogP contribution in [-0.2, 0) is 11.5 Å². The van der Waals surface area contributed by atoms with E-state index in [2.05, 4.69) is 31.3 Å². The van der Waals surface area contributed by atoms with Crippen LogP contribution < -0.4 is 5.32 Å². The van der Waals surface area contributed by atoms with E-state index in [9.17, 15) is 4.79 Å². The van der Waals surface area contributed by atoms with Crippen LogP contribution in [0.2, 0.25) is 5.02 Å². The van der Waals surface area contributed by atoms with E-state index in [1.807, 2.05) is 22.9 Å². The minimum Gasteiger partial charge on any atom is -0.306 e. The summed E-state index contributed by atoms with van der Waals surface area (Å²) in [5.74, 6) is 2.22. The molecule has 0 aliphatic carbocycles. The second-order valence-corrected chi connectivity index (χ2v) is 7.77. The van der Waals surface area contributed by atoms with Gasteiger partial charge in [0.05, 0.1) is 22.0 Å². The van der Waals surface area contributed by atoms with Gasteiger partial charge < -0.3 is 5.32 Å². The number of nitrogens with zero attached hydrogens (tertiary/aromatic N) is 2. The normalized spacial score (nSPS) is 12.9. The van der Waals surface area contributed by atoms with Crippen LogP contribution in [0.1, 0.15) is 32.7 Å². The van der Waals surface area contributed by atoms with E-state index in [0.717, 1.165) is 34.3 Å². The zero-order valence-corrected chi connectivity index (χ0v) is 16.1. The molecule has 0 saturated carbocycles. The van der Waals surface area contributed by atoms with Gasteiger partial charge >= 0.3 is 0 Å². The van der Waals surface area contributed by atoms with Crippen LogP contribution >= 0.6 is 23.4 Å². The summed E-state index contributed by atoms with van der Waals surface area (Å²) < 4.78 is 1.84. The Kier molecular flexibility index (Phi) is 4.51. The number of benzene rings is 2. The molecule has 1 aromatic heterocycles. The highest BCUT2D eigenvalue weighted by Gasteiger charge is 2.25. The number of thioether (sulfide) groups is 1. The summed E-state index contributed by atoms with van der Waals surface area (Å²) in [6.45, 7) is 4.16.